The van der Waals surface area contributed by atoms with Crippen LogP contribution in [0.1, 0.15) is 22.3 Å². The lowest BCUT2D eigenvalue weighted by Gasteiger charge is -2.10. The van der Waals surface area contributed by atoms with Crippen molar-refractivity contribution >= 4 is 5.78 Å². The van der Waals surface area contributed by atoms with Gasteiger partial charge in [0.1, 0.15) is 5.75 Å². The molecule has 0 heterocycles. The average molecular weight is 292 g/mol. The predicted molar refractivity (Wildman–Crippen MR) is 71.2 cm³/mol. The quantitative estimate of drug-likeness (QED) is 0.821. The molecule has 0 saturated heterocycles. The molecule has 3 rings (SSSR count). The number of ketones is 1. The van der Waals surface area contributed by atoms with Crippen LogP contribution >= 0.6 is 0 Å². The molecule has 0 aliphatic heterocycles. The molecule has 21 heavy (non-hydrogen) atoms. The minimum absolute atomic E-state index is 0.144. The van der Waals surface area contributed by atoms with Crippen LogP contribution in [0.4, 0.5) is 13.2 Å². The van der Waals surface area contributed by atoms with E-state index in [1.807, 2.05) is 12.1 Å². The molecule has 108 valence electrons. The Hall–Kier alpha value is -2.30. The third-order valence-corrected chi connectivity index (χ3v) is 3.45. The van der Waals surface area contributed by atoms with Crippen LogP contribution in [0.2, 0.25) is 0 Å². The second-order valence-electron chi connectivity index (χ2n) is 4.87. The van der Waals surface area contributed by atoms with Crippen molar-refractivity contribution in [1.82, 2.24) is 0 Å². The summed E-state index contributed by atoms with van der Waals surface area (Å²) in [4.78, 5) is 11.6. The number of ether oxygens (including phenoxy) is 1. The number of Topliss-reactive ketones (excluding diaryl/α,β-unsaturated/α-hetero) is 1. The Labute approximate surface area is 119 Å². The highest BCUT2D eigenvalue weighted by Crippen LogP contribution is 2.30. The van der Waals surface area contributed by atoms with Crippen molar-refractivity contribution in [1.29, 1.82) is 0 Å². The molecule has 2 aromatic carbocycles. The summed E-state index contributed by atoms with van der Waals surface area (Å²) in [7, 11) is 0. The van der Waals surface area contributed by atoms with E-state index in [0.717, 1.165) is 28.7 Å². The number of carbonyl (C=O) groups excluding carboxylic acids is 1. The fourth-order valence-corrected chi connectivity index (χ4v) is 2.48. The first kappa shape index (κ1) is 13.7. The molecule has 1 aliphatic rings. The van der Waals surface area contributed by atoms with E-state index < -0.39 is 6.36 Å². The summed E-state index contributed by atoms with van der Waals surface area (Å²) in [5.41, 5.74) is 3.40. The Balaban J connectivity index is 1.86. The van der Waals surface area contributed by atoms with Gasteiger partial charge in [-0.15, -0.1) is 13.2 Å². The Bertz CT molecular complexity index is 688. The van der Waals surface area contributed by atoms with Crippen LogP contribution in [0.25, 0.3) is 11.1 Å². The van der Waals surface area contributed by atoms with E-state index in [1.54, 1.807) is 18.2 Å². The molecule has 2 aromatic rings. The zero-order valence-electron chi connectivity index (χ0n) is 10.9. The van der Waals surface area contributed by atoms with Gasteiger partial charge in [0.15, 0.2) is 5.78 Å². The van der Waals surface area contributed by atoms with Gasteiger partial charge in [-0.3, -0.25) is 4.79 Å². The van der Waals surface area contributed by atoms with E-state index in [1.165, 1.54) is 12.1 Å². The minimum Gasteiger partial charge on any atom is -0.406 e. The van der Waals surface area contributed by atoms with Crippen LogP contribution in [-0.4, -0.2) is 12.1 Å². The minimum atomic E-state index is -4.69. The fourth-order valence-electron chi connectivity index (χ4n) is 2.48. The number of aryl methyl sites for hydroxylation is 1. The summed E-state index contributed by atoms with van der Waals surface area (Å²) in [5.74, 6) is -0.104. The van der Waals surface area contributed by atoms with E-state index in [4.69, 9.17) is 0 Å². The molecule has 0 atom stereocenters. The summed E-state index contributed by atoms with van der Waals surface area (Å²) < 4.78 is 40.1. The van der Waals surface area contributed by atoms with Gasteiger partial charge in [-0.05, 0) is 35.2 Å². The third-order valence-electron chi connectivity index (χ3n) is 3.45. The third kappa shape index (κ3) is 2.91. The number of fused-ring (bicyclic) bond motifs is 1. The Morgan fingerprint density at radius 1 is 0.905 bits per heavy atom. The van der Waals surface area contributed by atoms with Crippen LogP contribution in [0.5, 0.6) is 5.75 Å². The smallest absolute Gasteiger partial charge is 0.406 e. The first-order valence-corrected chi connectivity index (χ1v) is 6.45. The maximum atomic E-state index is 12.1. The highest BCUT2D eigenvalue weighted by molar-refractivity contribution is 6.00. The molecule has 0 unspecified atom stereocenters. The molecule has 0 N–H and O–H groups in total. The lowest BCUT2D eigenvalue weighted by Crippen LogP contribution is -2.16. The molecule has 0 radical (unpaired) electrons. The molecule has 0 bridgehead atoms. The normalized spacial score (nSPS) is 14.1. The van der Waals surface area contributed by atoms with Crippen LogP contribution in [-0.2, 0) is 6.42 Å². The second kappa shape index (κ2) is 4.91. The number of rotatable bonds is 2. The highest BCUT2D eigenvalue weighted by Gasteiger charge is 2.31. The number of benzene rings is 2. The highest BCUT2D eigenvalue weighted by atomic mass is 19.4. The van der Waals surface area contributed by atoms with Crippen LogP contribution in [0.15, 0.2) is 42.5 Å². The lowest BCUT2D eigenvalue weighted by molar-refractivity contribution is -0.274. The zero-order valence-corrected chi connectivity index (χ0v) is 10.9. The summed E-state index contributed by atoms with van der Waals surface area (Å²) in [6.07, 6.45) is -3.44. The largest absolute Gasteiger partial charge is 0.573 e. The Kier molecular flexibility index (Phi) is 3.20. The molecule has 2 nitrogen and oxygen atoms in total. The monoisotopic (exact) mass is 292 g/mol. The lowest BCUT2D eigenvalue weighted by atomic mass is 10.0. The van der Waals surface area contributed by atoms with Crippen molar-refractivity contribution in [2.45, 2.75) is 19.2 Å². The number of hydrogen-bond donors (Lipinski definition) is 0. The van der Waals surface area contributed by atoms with E-state index in [9.17, 15) is 18.0 Å². The second-order valence-corrected chi connectivity index (χ2v) is 4.87. The topological polar surface area (TPSA) is 26.3 Å². The van der Waals surface area contributed by atoms with Crippen molar-refractivity contribution < 1.29 is 22.7 Å². The van der Waals surface area contributed by atoms with Crippen molar-refractivity contribution in [3.8, 4) is 16.9 Å². The van der Waals surface area contributed by atoms with Gasteiger partial charge in [0.05, 0.1) is 0 Å². The van der Waals surface area contributed by atoms with Gasteiger partial charge in [-0.1, -0.05) is 30.3 Å². The zero-order chi connectivity index (χ0) is 15.0. The molecule has 0 aromatic heterocycles. The Morgan fingerprint density at radius 2 is 1.57 bits per heavy atom. The van der Waals surface area contributed by atoms with Crippen molar-refractivity contribution in [2.75, 3.05) is 0 Å². The molecule has 5 heteroatoms. The SMILES string of the molecule is O=C1CCc2cc(-c3ccc(OC(F)(F)F)cc3)ccc21. The first-order chi connectivity index (χ1) is 9.92. The van der Waals surface area contributed by atoms with Gasteiger partial charge >= 0.3 is 6.36 Å². The molecule has 0 spiro atoms. The van der Waals surface area contributed by atoms with E-state index in [2.05, 4.69) is 4.74 Å². The van der Waals surface area contributed by atoms with E-state index >= 15 is 0 Å². The molecule has 0 fully saturated rings. The van der Waals surface area contributed by atoms with Gasteiger partial charge in [0.2, 0.25) is 0 Å². The van der Waals surface area contributed by atoms with Crippen molar-refractivity contribution in [2.24, 2.45) is 0 Å². The average Bonchev–Trinajstić information content (AvgIpc) is 2.79. The molecular formula is C16H11F3O2. The summed E-state index contributed by atoms with van der Waals surface area (Å²) in [5, 5.41) is 0. The van der Waals surface area contributed by atoms with Gasteiger partial charge < -0.3 is 4.74 Å². The fraction of sp³-hybridized carbons (Fsp3) is 0.188. The van der Waals surface area contributed by atoms with Crippen LogP contribution in [0.3, 0.4) is 0 Å². The van der Waals surface area contributed by atoms with E-state index in [0.29, 0.717) is 6.42 Å². The Morgan fingerprint density at radius 3 is 2.24 bits per heavy atom. The summed E-state index contributed by atoms with van der Waals surface area (Å²) in [6, 6.07) is 11.2. The predicted octanol–water partition coefficient (Wildman–Crippen LogP) is 4.38. The molecule has 0 saturated carbocycles. The van der Waals surface area contributed by atoms with Crippen LogP contribution in [0, 0.1) is 0 Å². The van der Waals surface area contributed by atoms with Crippen molar-refractivity contribution in [3.63, 3.8) is 0 Å². The number of carbonyl (C=O) groups is 1. The number of halogens is 3. The maximum Gasteiger partial charge on any atom is 0.573 e. The van der Waals surface area contributed by atoms with Gasteiger partial charge in [-0.25, -0.2) is 0 Å². The van der Waals surface area contributed by atoms with Gasteiger partial charge in [0.25, 0.3) is 0 Å². The number of hydrogen-bond acceptors (Lipinski definition) is 2. The van der Waals surface area contributed by atoms with Gasteiger partial charge in [0, 0.05) is 12.0 Å². The number of alkyl halides is 3. The van der Waals surface area contributed by atoms with Crippen LogP contribution < -0.4 is 4.74 Å². The standard InChI is InChI=1S/C16H11F3O2/c17-16(18,19)21-13-5-1-10(2-6-13)11-3-7-14-12(9-11)4-8-15(14)20/h1-3,5-7,9H,4,8H2. The maximum absolute atomic E-state index is 12.1. The first-order valence-electron chi connectivity index (χ1n) is 6.45. The van der Waals surface area contributed by atoms with Crippen molar-refractivity contribution in [3.05, 3.63) is 53.6 Å². The molecule has 0 amide bonds. The summed E-state index contributed by atoms with van der Waals surface area (Å²) in [6.45, 7) is 0. The molecular weight excluding hydrogens is 281 g/mol. The summed E-state index contributed by atoms with van der Waals surface area (Å²) >= 11 is 0. The van der Waals surface area contributed by atoms with Gasteiger partial charge in [-0.2, -0.15) is 0 Å². The van der Waals surface area contributed by atoms with E-state index in [-0.39, 0.29) is 11.5 Å². The molecule has 1 aliphatic carbocycles.